The maximum absolute atomic E-state index is 12.8. The van der Waals surface area contributed by atoms with Crippen molar-refractivity contribution in [1.82, 2.24) is 9.78 Å². The van der Waals surface area contributed by atoms with E-state index in [0.717, 1.165) is 23.4 Å². The van der Waals surface area contributed by atoms with Gasteiger partial charge in [0.2, 0.25) is 0 Å². The molecular weight excluding hydrogens is 369 g/mol. The third-order valence-corrected chi connectivity index (χ3v) is 4.24. The van der Waals surface area contributed by atoms with Crippen molar-refractivity contribution in [2.75, 3.05) is 10.6 Å². The zero-order valence-electron chi connectivity index (χ0n) is 15.3. The summed E-state index contributed by atoms with van der Waals surface area (Å²) < 4.78 is 40.2. The molecule has 28 heavy (non-hydrogen) atoms. The third-order valence-electron chi connectivity index (χ3n) is 4.24. The van der Waals surface area contributed by atoms with Crippen LogP contribution in [-0.4, -0.2) is 15.8 Å². The molecule has 1 heterocycles. The fraction of sp³-hybridized carbons (Fsp3) is 0.200. The number of nitrogens with one attached hydrogen (secondary N) is 2. The number of alkyl halides is 3. The first-order valence-corrected chi connectivity index (χ1v) is 8.57. The van der Waals surface area contributed by atoms with Crippen LogP contribution in [0.5, 0.6) is 0 Å². The first-order chi connectivity index (χ1) is 13.2. The van der Waals surface area contributed by atoms with E-state index in [4.69, 9.17) is 0 Å². The summed E-state index contributed by atoms with van der Waals surface area (Å²) in [5.41, 5.74) is 2.19. The molecule has 3 aromatic rings. The Labute approximate surface area is 160 Å². The molecule has 0 fully saturated rings. The highest BCUT2D eigenvalue weighted by molar-refractivity contribution is 6.00. The lowest BCUT2D eigenvalue weighted by Gasteiger charge is -2.11. The first-order valence-electron chi connectivity index (χ1n) is 8.57. The first kappa shape index (κ1) is 19.5. The molecule has 5 nitrogen and oxygen atoms in total. The highest BCUT2D eigenvalue weighted by Crippen LogP contribution is 2.30. The summed E-state index contributed by atoms with van der Waals surface area (Å²) in [7, 11) is 0. The lowest BCUT2D eigenvalue weighted by molar-refractivity contribution is -0.137. The molecule has 0 saturated carbocycles. The van der Waals surface area contributed by atoms with Gasteiger partial charge in [0, 0.05) is 5.69 Å². The molecule has 0 spiro atoms. The molecule has 2 N–H and O–H groups in total. The molecule has 0 radical (unpaired) electrons. The molecule has 2 amide bonds. The van der Waals surface area contributed by atoms with Gasteiger partial charge in [-0.25, -0.2) is 4.79 Å². The van der Waals surface area contributed by atoms with Crippen molar-refractivity contribution in [2.24, 2.45) is 0 Å². The van der Waals surface area contributed by atoms with Gasteiger partial charge in [0.05, 0.1) is 29.2 Å². The van der Waals surface area contributed by atoms with E-state index in [1.807, 2.05) is 37.3 Å². The maximum atomic E-state index is 12.8. The van der Waals surface area contributed by atoms with Gasteiger partial charge in [-0.3, -0.25) is 4.68 Å². The van der Waals surface area contributed by atoms with Gasteiger partial charge in [-0.2, -0.15) is 18.3 Å². The van der Waals surface area contributed by atoms with Crippen molar-refractivity contribution < 1.29 is 18.0 Å². The van der Waals surface area contributed by atoms with Crippen LogP contribution < -0.4 is 10.6 Å². The molecule has 0 aliphatic rings. The molecule has 0 aliphatic heterocycles. The largest absolute Gasteiger partial charge is 0.416 e. The Bertz CT molecular complexity index is 981. The summed E-state index contributed by atoms with van der Waals surface area (Å²) >= 11 is 0. The minimum absolute atomic E-state index is 0.0549. The molecule has 2 aromatic carbocycles. The number of amides is 2. The van der Waals surface area contributed by atoms with Crippen molar-refractivity contribution in [3.63, 3.8) is 0 Å². The summed E-state index contributed by atoms with van der Waals surface area (Å²) in [5, 5.41) is 9.54. The Morgan fingerprint density at radius 2 is 1.75 bits per heavy atom. The van der Waals surface area contributed by atoms with Crippen LogP contribution in [0.1, 0.15) is 22.5 Å². The zero-order valence-corrected chi connectivity index (χ0v) is 15.3. The number of aryl methyl sites for hydroxylation is 1. The molecule has 3 rings (SSSR count). The van der Waals surface area contributed by atoms with Crippen LogP contribution in [0.15, 0.2) is 54.6 Å². The number of benzene rings is 2. The lowest BCUT2D eigenvalue weighted by atomic mass is 10.2. The van der Waals surface area contributed by atoms with Crippen molar-refractivity contribution in [2.45, 2.75) is 26.6 Å². The molecule has 0 bridgehead atoms. The second-order valence-corrected chi connectivity index (χ2v) is 6.35. The molecule has 0 atom stereocenters. The highest BCUT2D eigenvalue weighted by Gasteiger charge is 2.30. The molecule has 0 saturated heterocycles. The summed E-state index contributed by atoms with van der Waals surface area (Å²) in [5.74, 6) is 0. The van der Waals surface area contributed by atoms with Gasteiger partial charge < -0.3 is 10.6 Å². The van der Waals surface area contributed by atoms with E-state index in [0.29, 0.717) is 17.9 Å². The molecule has 1 aromatic heterocycles. The lowest BCUT2D eigenvalue weighted by Crippen LogP contribution is -2.20. The highest BCUT2D eigenvalue weighted by atomic mass is 19.4. The maximum Gasteiger partial charge on any atom is 0.416 e. The Morgan fingerprint density at radius 3 is 2.43 bits per heavy atom. The summed E-state index contributed by atoms with van der Waals surface area (Å²) in [4.78, 5) is 12.3. The Morgan fingerprint density at radius 1 is 1.04 bits per heavy atom. The van der Waals surface area contributed by atoms with E-state index in [-0.39, 0.29) is 5.69 Å². The van der Waals surface area contributed by atoms with E-state index < -0.39 is 17.8 Å². The molecule has 0 unspecified atom stereocenters. The topological polar surface area (TPSA) is 59.0 Å². The van der Waals surface area contributed by atoms with E-state index >= 15 is 0 Å². The van der Waals surface area contributed by atoms with E-state index in [9.17, 15) is 18.0 Å². The van der Waals surface area contributed by atoms with E-state index in [1.54, 1.807) is 11.6 Å². The monoisotopic (exact) mass is 388 g/mol. The van der Waals surface area contributed by atoms with Gasteiger partial charge >= 0.3 is 12.2 Å². The summed E-state index contributed by atoms with van der Waals surface area (Å²) in [6.07, 6.45) is -4.47. The molecule has 0 aliphatic carbocycles. The number of carbonyl (C=O) groups excluding carboxylic acids is 1. The number of carbonyl (C=O) groups is 1. The Kier molecular flexibility index (Phi) is 5.39. The average Bonchev–Trinajstić information content (AvgIpc) is 2.89. The van der Waals surface area contributed by atoms with Crippen molar-refractivity contribution in [3.05, 3.63) is 77.1 Å². The SMILES string of the molecule is Cc1nn(Cc2ccccc2)c(C)c1NC(=O)Nc1cccc(C(F)(F)F)c1. The van der Waals surface area contributed by atoms with Crippen molar-refractivity contribution in [1.29, 1.82) is 0 Å². The fourth-order valence-electron chi connectivity index (χ4n) is 2.84. The normalized spacial score (nSPS) is 11.3. The van der Waals surface area contributed by atoms with Gasteiger partial charge in [0.15, 0.2) is 0 Å². The molecular formula is C20H19F3N4O. The number of nitrogens with zero attached hydrogens (tertiary/aromatic N) is 2. The summed E-state index contributed by atoms with van der Waals surface area (Å²) in [6.45, 7) is 4.13. The van der Waals surface area contributed by atoms with Crippen molar-refractivity contribution in [3.8, 4) is 0 Å². The minimum atomic E-state index is -4.47. The van der Waals surface area contributed by atoms with Crippen LogP contribution >= 0.6 is 0 Å². The number of aromatic nitrogens is 2. The van der Waals surface area contributed by atoms with Crippen molar-refractivity contribution >= 4 is 17.4 Å². The van der Waals surface area contributed by atoms with Crippen LogP contribution in [0.25, 0.3) is 0 Å². The van der Waals surface area contributed by atoms with Crippen LogP contribution in [0.4, 0.5) is 29.3 Å². The van der Waals surface area contributed by atoms with Gasteiger partial charge in [0.1, 0.15) is 0 Å². The van der Waals surface area contributed by atoms with Gasteiger partial charge in [-0.1, -0.05) is 36.4 Å². The standard InChI is InChI=1S/C20H19F3N4O/c1-13-18(14(2)27(26-13)12-15-7-4-3-5-8-15)25-19(28)24-17-10-6-9-16(11-17)20(21,22)23/h3-11H,12H2,1-2H3,(H2,24,25,28). The number of urea groups is 1. The number of rotatable bonds is 4. The average molecular weight is 388 g/mol. The quantitative estimate of drug-likeness (QED) is 0.645. The number of hydrogen-bond acceptors (Lipinski definition) is 2. The van der Waals surface area contributed by atoms with Gasteiger partial charge in [-0.15, -0.1) is 0 Å². The van der Waals surface area contributed by atoms with Crippen LogP contribution in [0, 0.1) is 13.8 Å². The Hall–Kier alpha value is -3.29. The fourth-order valence-corrected chi connectivity index (χ4v) is 2.84. The van der Waals surface area contributed by atoms with Crippen LogP contribution in [0.3, 0.4) is 0 Å². The second-order valence-electron chi connectivity index (χ2n) is 6.35. The zero-order chi connectivity index (χ0) is 20.3. The number of halogens is 3. The third kappa shape index (κ3) is 4.51. The Balaban J connectivity index is 1.73. The van der Waals surface area contributed by atoms with Crippen LogP contribution in [0.2, 0.25) is 0 Å². The molecule has 146 valence electrons. The number of anilines is 2. The predicted molar refractivity (Wildman–Crippen MR) is 101 cm³/mol. The summed E-state index contributed by atoms with van der Waals surface area (Å²) in [6, 6.07) is 13.6. The minimum Gasteiger partial charge on any atom is -0.308 e. The molecule has 8 heteroatoms. The van der Waals surface area contributed by atoms with E-state index in [2.05, 4.69) is 15.7 Å². The smallest absolute Gasteiger partial charge is 0.308 e. The van der Waals surface area contributed by atoms with Gasteiger partial charge in [0.25, 0.3) is 0 Å². The van der Waals surface area contributed by atoms with E-state index in [1.165, 1.54) is 12.1 Å². The second kappa shape index (κ2) is 7.75. The van der Waals surface area contributed by atoms with Crippen LogP contribution in [-0.2, 0) is 12.7 Å². The van der Waals surface area contributed by atoms with Gasteiger partial charge in [-0.05, 0) is 37.6 Å². The predicted octanol–water partition coefficient (Wildman–Crippen LogP) is 5.21. The number of hydrogen-bond donors (Lipinski definition) is 2.